The second-order valence-corrected chi connectivity index (χ2v) is 2.64. The van der Waals surface area contributed by atoms with E-state index < -0.39 is 12.6 Å². The molecule has 0 aliphatic heterocycles. The van der Waals surface area contributed by atoms with Crippen LogP contribution in [0.1, 0.15) is 6.42 Å². The van der Waals surface area contributed by atoms with Gasteiger partial charge in [0.05, 0.1) is 6.42 Å². The lowest BCUT2D eigenvalue weighted by molar-refractivity contribution is -0.129. The third-order valence-corrected chi connectivity index (χ3v) is 1.49. The average molecular weight is 201 g/mol. The highest BCUT2D eigenvalue weighted by molar-refractivity contribution is 7.99. The Morgan fingerprint density at radius 3 is 2.17 bits per heavy atom. The van der Waals surface area contributed by atoms with E-state index in [0.717, 1.165) is 11.8 Å². The Kier molecular flexibility index (Phi) is 9.57. The largest absolute Gasteiger partial charge is 0.389 e. The summed E-state index contributed by atoms with van der Waals surface area (Å²) in [6, 6.07) is 0. The van der Waals surface area contributed by atoms with E-state index in [2.05, 4.69) is 4.85 Å². The first-order chi connectivity index (χ1) is 5.56. The van der Waals surface area contributed by atoms with E-state index >= 15 is 0 Å². The molecule has 0 amide bonds. The average Bonchev–Trinajstić information content (AvgIpc) is 2.01. The van der Waals surface area contributed by atoms with E-state index in [1.165, 1.54) is 0 Å². The molecule has 0 spiro atoms. The summed E-state index contributed by atoms with van der Waals surface area (Å²) in [7, 11) is 0. The molecule has 0 saturated heterocycles. The third-order valence-electron chi connectivity index (χ3n) is 0.686. The van der Waals surface area contributed by atoms with Crippen LogP contribution in [0.4, 0.5) is 13.2 Å². The van der Waals surface area contributed by atoms with Crippen LogP contribution >= 0.6 is 11.8 Å². The molecule has 0 aromatic carbocycles. The number of nitrogens with zero attached hydrogens (tertiary/aromatic N) is 1. The van der Waals surface area contributed by atoms with Crippen LogP contribution in [0.25, 0.3) is 4.85 Å². The molecule has 0 unspecified atom stereocenters. The molecule has 12 heavy (non-hydrogen) atoms. The van der Waals surface area contributed by atoms with Gasteiger partial charge in [-0.2, -0.15) is 13.2 Å². The van der Waals surface area contributed by atoms with E-state index in [4.69, 9.17) is 16.5 Å². The van der Waals surface area contributed by atoms with Crippen molar-refractivity contribution >= 4 is 11.8 Å². The lowest BCUT2D eigenvalue weighted by Crippen LogP contribution is -2.07. The summed E-state index contributed by atoms with van der Waals surface area (Å²) in [5, 5.41) is 0. The molecule has 70 valence electrons. The van der Waals surface area contributed by atoms with Crippen molar-refractivity contribution in [3.8, 4) is 0 Å². The first-order valence-corrected chi connectivity index (χ1v) is 3.86. The predicted octanol–water partition coefficient (Wildman–Crippen LogP) is 2.62. The van der Waals surface area contributed by atoms with Crippen LogP contribution in [-0.2, 0) is 0 Å². The summed E-state index contributed by atoms with van der Waals surface area (Å²) in [5.41, 5.74) is 0. The highest BCUT2D eigenvalue weighted by Gasteiger charge is 2.26. The molecule has 0 rings (SSSR count). The summed E-state index contributed by atoms with van der Waals surface area (Å²) < 4.78 is 34.2. The van der Waals surface area contributed by atoms with Gasteiger partial charge in [0.2, 0.25) is 0 Å². The Bertz CT molecular complexity index is 145. The van der Waals surface area contributed by atoms with Crippen molar-refractivity contribution in [3.63, 3.8) is 0 Å². The minimum absolute atomic E-state index is 0.00806. The Morgan fingerprint density at radius 2 is 1.83 bits per heavy atom. The molecule has 0 saturated carbocycles. The van der Waals surface area contributed by atoms with Crippen LogP contribution in [0.2, 0.25) is 0 Å². The fraction of sp³-hybridized carbons (Fsp3) is 0.800. The molecule has 0 N–H and O–H groups in total. The lowest BCUT2D eigenvalue weighted by atomic mass is 10.5. The first kappa shape index (κ1) is 13.8. The Labute approximate surface area is 71.4 Å². The normalized spacial score (nSPS) is 9.50. The van der Waals surface area contributed by atoms with Gasteiger partial charge in [-0.05, 0) is 0 Å². The van der Waals surface area contributed by atoms with Crippen LogP contribution in [-0.4, -0.2) is 17.8 Å². The fourth-order valence-corrected chi connectivity index (χ4v) is 0.894. The first-order valence-electron chi connectivity index (χ1n) is 2.70. The van der Waals surface area contributed by atoms with Crippen molar-refractivity contribution < 1.29 is 13.2 Å². The predicted molar refractivity (Wildman–Crippen MR) is 41.3 cm³/mol. The smallest absolute Gasteiger partial charge is 0.305 e. The van der Waals surface area contributed by atoms with Crippen molar-refractivity contribution in [2.45, 2.75) is 12.6 Å². The number of rotatable bonds is 3. The van der Waals surface area contributed by atoms with Crippen LogP contribution in [0.3, 0.4) is 0 Å². The zero-order valence-corrected chi connectivity index (χ0v) is 6.74. The van der Waals surface area contributed by atoms with Gasteiger partial charge in [0, 0.05) is 15.7 Å². The van der Waals surface area contributed by atoms with Gasteiger partial charge in [-0.1, -0.05) is 11.8 Å². The highest BCUT2D eigenvalue weighted by Crippen LogP contribution is 2.21. The Balaban J connectivity index is 0. The van der Waals surface area contributed by atoms with Crippen molar-refractivity contribution in [3.05, 3.63) is 21.3 Å². The third kappa shape index (κ3) is 16.1. The second kappa shape index (κ2) is 8.33. The standard InChI is InChI=1S/C5H6F3NS.O2/c1-9-4-10-3-2-5(6,7)8;1-2/h2-4H2;. The number of alkyl halides is 3. The monoisotopic (exact) mass is 201 g/mol. The molecular weight excluding hydrogens is 195 g/mol. The van der Waals surface area contributed by atoms with Gasteiger partial charge < -0.3 is 4.85 Å². The topological polar surface area (TPSA) is 38.5 Å². The van der Waals surface area contributed by atoms with E-state index in [1.54, 1.807) is 0 Å². The molecule has 0 heterocycles. The van der Waals surface area contributed by atoms with E-state index in [-0.39, 0.29) is 11.6 Å². The molecule has 0 aromatic heterocycles. The molecule has 0 bridgehead atoms. The van der Waals surface area contributed by atoms with Gasteiger partial charge in [0.1, 0.15) is 0 Å². The summed E-state index contributed by atoms with van der Waals surface area (Å²) in [5.74, 6) is 0.113. The Morgan fingerprint density at radius 1 is 1.33 bits per heavy atom. The number of halogens is 3. The van der Waals surface area contributed by atoms with Crippen molar-refractivity contribution in [2.75, 3.05) is 11.6 Å². The molecule has 3 nitrogen and oxygen atoms in total. The van der Waals surface area contributed by atoms with E-state index in [9.17, 15) is 13.2 Å². The zero-order chi connectivity index (χ0) is 10.0. The van der Waals surface area contributed by atoms with Crippen LogP contribution in [0.5, 0.6) is 0 Å². The molecule has 0 fully saturated rings. The maximum atomic E-state index is 11.4. The molecule has 0 aromatic rings. The van der Waals surface area contributed by atoms with Gasteiger partial charge in [0.25, 0.3) is 5.88 Å². The minimum atomic E-state index is -4.07. The van der Waals surface area contributed by atoms with Crippen molar-refractivity contribution in [1.82, 2.24) is 0 Å². The van der Waals surface area contributed by atoms with Crippen molar-refractivity contribution in [2.24, 2.45) is 0 Å². The van der Waals surface area contributed by atoms with Crippen LogP contribution in [0, 0.1) is 16.5 Å². The van der Waals surface area contributed by atoms with E-state index in [1.807, 2.05) is 0 Å². The van der Waals surface area contributed by atoms with Gasteiger partial charge in [-0.3, -0.25) is 0 Å². The summed E-state index contributed by atoms with van der Waals surface area (Å²) in [4.78, 5) is 16.9. The maximum Gasteiger partial charge on any atom is 0.389 e. The minimum Gasteiger partial charge on any atom is -0.305 e. The summed E-state index contributed by atoms with van der Waals surface area (Å²) in [6.07, 6.45) is -4.87. The van der Waals surface area contributed by atoms with Gasteiger partial charge in [0.15, 0.2) is 0 Å². The SMILES string of the molecule is O=O.[C-]#[N+]CSCCC(F)(F)F. The second-order valence-electron chi connectivity index (χ2n) is 1.56. The van der Waals surface area contributed by atoms with Crippen molar-refractivity contribution in [1.29, 1.82) is 0 Å². The molecule has 7 heteroatoms. The molecule has 0 aliphatic rings. The fourth-order valence-electron chi connectivity index (χ4n) is 0.298. The Hall–Kier alpha value is -0.770. The van der Waals surface area contributed by atoms with Crippen LogP contribution < -0.4 is 0 Å². The van der Waals surface area contributed by atoms with Gasteiger partial charge in [-0.15, -0.1) is 0 Å². The lowest BCUT2D eigenvalue weighted by Gasteiger charge is -2.02. The maximum absolute atomic E-state index is 11.4. The number of thioether (sulfide) groups is 1. The summed E-state index contributed by atoms with van der Waals surface area (Å²) >= 11 is 1.01. The molecule has 0 radical (unpaired) electrons. The number of hydrogen-bond acceptors (Lipinski definition) is 3. The highest BCUT2D eigenvalue weighted by atomic mass is 32.2. The van der Waals surface area contributed by atoms with Crippen LogP contribution in [0.15, 0.2) is 0 Å². The van der Waals surface area contributed by atoms with Gasteiger partial charge in [-0.25, -0.2) is 6.57 Å². The molecule has 0 aliphatic carbocycles. The van der Waals surface area contributed by atoms with E-state index in [0.29, 0.717) is 0 Å². The molecule has 0 atom stereocenters. The zero-order valence-electron chi connectivity index (χ0n) is 5.93. The quantitative estimate of drug-likeness (QED) is 0.520. The number of hydrogen-bond donors (Lipinski definition) is 0. The summed E-state index contributed by atoms with van der Waals surface area (Å²) in [6.45, 7) is 6.26. The molecular formula is C5H6F3NO2S. The van der Waals surface area contributed by atoms with Gasteiger partial charge >= 0.3 is 6.18 Å².